The van der Waals surface area contributed by atoms with Gasteiger partial charge in [0.25, 0.3) is 0 Å². The summed E-state index contributed by atoms with van der Waals surface area (Å²) >= 11 is -1.91. The molecule has 0 saturated heterocycles. The zero-order valence-corrected chi connectivity index (χ0v) is 6.74. The summed E-state index contributed by atoms with van der Waals surface area (Å²) in [5, 5.41) is 0. The van der Waals surface area contributed by atoms with Crippen LogP contribution in [0.3, 0.4) is 0 Å². The maximum atomic E-state index is 11.9. The molecule has 0 fully saturated rings. The molecule has 0 aromatic heterocycles. The van der Waals surface area contributed by atoms with Gasteiger partial charge in [0.2, 0.25) is 0 Å². The number of benzene rings is 1. The molecule has 0 aliphatic heterocycles. The summed E-state index contributed by atoms with van der Waals surface area (Å²) in [5.41, 5.74) is 0. The summed E-state index contributed by atoms with van der Waals surface area (Å²) in [7, 11) is 0. The molecule has 4 heteroatoms. The van der Waals surface area contributed by atoms with Gasteiger partial charge in [0.1, 0.15) is 0 Å². The molecule has 1 rings (SSSR count). The van der Waals surface area contributed by atoms with E-state index in [1.807, 2.05) is 0 Å². The molecule has 2 nitrogen and oxygen atoms in total. The second-order valence-corrected chi connectivity index (χ2v) is 1.59. The third kappa shape index (κ3) is 5.53. The fraction of sp³-hybridized carbons (Fsp3) is 0. The molecule has 0 bridgehead atoms. The Morgan fingerprint density at radius 2 is 1.70 bits per heavy atom. The first-order valence-electron chi connectivity index (χ1n) is 2.32. The van der Waals surface area contributed by atoms with Crippen LogP contribution in [0.15, 0.2) is 24.3 Å². The van der Waals surface area contributed by atoms with Crippen LogP contribution in [0.4, 0.5) is 4.39 Å². The van der Waals surface area contributed by atoms with Crippen LogP contribution in [0.1, 0.15) is 0 Å². The molecule has 10 heavy (non-hydrogen) atoms. The third-order valence-electron chi connectivity index (χ3n) is 0.678. The SMILES string of the molecule is Fc1cc[c-]cc1.[O]=[Tc+]=[O]. The minimum atomic E-state index is -1.91. The summed E-state index contributed by atoms with van der Waals surface area (Å²) < 4.78 is 28.9. The Kier molecular flexibility index (Phi) is 6.13. The van der Waals surface area contributed by atoms with Gasteiger partial charge in [0.05, 0.1) is 0 Å². The van der Waals surface area contributed by atoms with E-state index in [1.54, 1.807) is 0 Å². The first-order valence-corrected chi connectivity index (χ1v) is 3.84. The Bertz CT molecular complexity index is 206. The van der Waals surface area contributed by atoms with Gasteiger partial charge in [0.15, 0.2) is 0 Å². The molecular weight excluding hydrogens is 221 g/mol. The van der Waals surface area contributed by atoms with Gasteiger partial charge in [-0.3, -0.25) is 0 Å². The molecule has 0 aliphatic rings. The van der Waals surface area contributed by atoms with E-state index in [1.165, 1.54) is 24.3 Å². The molecule has 1 aromatic carbocycles. The van der Waals surface area contributed by atoms with E-state index in [2.05, 4.69) is 6.07 Å². The van der Waals surface area contributed by atoms with Crippen molar-refractivity contribution in [1.82, 2.24) is 0 Å². The van der Waals surface area contributed by atoms with Gasteiger partial charge in [-0.1, -0.05) is 0 Å². The summed E-state index contributed by atoms with van der Waals surface area (Å²) in [6.07, 6.45) is 0. The van der Waals surface area contributed by atoms with Crippen LogP contribution >= 0.6 is 0 Å². The molecule has 54 valence electrons. The Morgan fingerprint density at radius 1 is 1.30 bits per heavy atom. The third-order valence-corrected chi connectivity index (χ3v) is 0.678. The van der Waals surface area contributed by atoms with Crippen LogP contribution in [0, 0.1) is 11.9 Å². The molecule has 0 heterocycles. The second kappa shape index (κ2) is 6.52. The second-order valence-electron chi connectivity index (χ2n) is 1.28. The molecule has 0 saturated carbocycles. The molecule has 0 amide bonds. The Morgan fingerprint density at radius 3 is 1.90 bits per heavy atom. The predicted octanol–water partition coefficient (Wildman–Crippen LogP) is 1.39. The number of halogens is 1. The minimum absolute atomic E-state index is 0.209. The first kappa shape index (κ1) is 9.40. The molecule has 1 aromatic rings. The number of hydrogen-bond acceptors (Lipinski definition) is 2. The van der Waals surface area contributed by atoms with E-state index >= 15 is 0 Å². The van der Waals surface area contributed by atoms with E-state index in [0.29, 0.717) is 0 Å². The van der Waals surface area contributed by atoms with Gasteiger partial charge >= 0.3 is 24.6 Å². The molecule has 0 N–H and O–H groups in total. The van der Waals surface area contributed by atoms with E-state index in [9.17, 15) is 4.39 Å². The van der Waals surface area contributed by atoms with Crippen molar-refractivity contribution >= 4 is 0 Å². The van der Waals surface area contributed by atoms with E-state index in [0.717, 1.165) is 0 Å². The van der Waals surface area contributed by atoms with Crippen LogP contribution in [-0.2, 0) is 24.6 Å². The van der Waals surface area contributed by atoms with Gasteiger partial charge in [-0.05, 0) is 0 Å². The number of rotatable bonds is 0. The van der Waals surface area contributed by atoms with Crippen molar-refractivity contribution in [3.05, 3.63) is 36.1 Å². The van der Waals surface area contributed by atoms with Gasteiger partial charge < -0.3 is 0 Å². The van der Waals surface area contributed by atoms with Gasteiger partial charge in [0, 0.05) is 5.82 Å². The Labute approximate surface area is 65.6 Å². The van der Waals surface area contributed by atoms with Gasteiger partial charge in [-0.25, -0.2) is 4.39 Å². The summed E-state index contributed by atoms with van der Waals surface area (Å²) in [6, 6.07) is 8.49. The average molecular weight is 225 g/mol. The van der Waals surface area contributed by atoms with Crippen molar-refractivity contribution in [3.8, 4) is 0 Å². The predicted molar refractivity (Wildman–Crippen MR) is 26.6 cm³/mol. The van der Waals surface area contributed by atoms with Crippen LogP contribution < -0.4 is 0 Å². The van der Waals surface area contributed by atoms with Crippen LogP contribution in [-0.4, -0.2) is 0 Å². The first-order chi connectivity index (χ1) is 4.81. The summed E-state index contributed by atoms with van der Waals surface area (Å²) in [6.45, 7) is 0. The average Bonchev–Trinajstić information content (AvgIpc) is 1.91. The van der Waals surface area contributed by atoms with Crippen LogP contribution in [0.2, 0.25) is 0 Å². The number of hydrogen-bond donors (Lipinski definition) is 0. The Hall–Kier alpha value is -0.601. The normalized spacial score (nSPS) is 7.30. The van der Waals surface area contributed by atoms with Crippen LogP contribution in [0.25, 0.3) is 0 Å². The van der Waals surface area contributed by atoms with Crippen molar-refractivity contribution in [3.63, 3.8) is 0 Å². The van der Waals surface area contributed by atoms with Crippen molar-refractivity contribution < 1.29 is 29.0 Å². The van der Waals surface area contributed by atoms with E-state index in [-0.39, 0.29) is 5.82 Å². The quantitative estimate of drug-likeness (QED) is 0.625. The van der Waals surface area contributed by atoms with Gasteiger partial charge in [-0.15, -0.1) is 12.1 Å². The fourth-order valence-corrected chi connectivity index (χ4v) is 0.367. The molecule has 0 aliphatic carbocycles. The fourth-order valence-electron chi connectivity index (χ4n) is 0.367. The van der Waals surface area contributed by atoms with E-state index in [4.69, 9.17) is 7.01 Å². The maximum absolute atomic E-state index is 11.9. The molecule has 0 spiro atoms. The van der Waals surface area contributed by atoms with Crippen molar-refractivity contribution in [2.45, 2.75) is 0 Å². The summed E-state index contributed by atoms with van der Waals surface area (Å²) in [5.74, 6) is -0.209. The van der Waals surface area contributed by atoms with Crippen molar-refractivity contribution in [2.75, 3.05) is 0 Å². The topological polar surface area (TPSA) is 34.1 Å². The zero-order chi connectivity index (χ0) is 7.82. The van der Waals surface area contributed by atoms with Gasteiger partial charge in [-0.2, -0.15) is 18.2 Å². The van der Waals surface area contributed by atoms with E-state index < -0.39 is 17.6 Å². The zero-order valence-electron chi connectivity index (χ0n) is 4.88. The summed E-state index contributed by atoms with van der Waals surface area (Å²) in [4.78, 5) is 0. The monoisotopic (exact) mass is 224 g/mol. The Balaban J connectivity index is 0.000000236. The van der Waals surface area contributed by atoms with Crippen molar-refractivity contribution in [2.24, 2.45) is 0 Å². The molecule has 0 radical (unpaired) electrons. The molecule has 0 unspecified atom stereocenters. The van der Waals surface area contributed by atoms with Crippen molar-refractivity contribution in [1.29, 1.82) is 0 Å². The molecule has 0 atom stereocenters. The van der Waals surface area contributed by atoms with Crippen LogP contribution in [0.5, 0.6) is 0 Å². The standard InChI is InChI=1S/C6H4F.2O.Tc/c7-6-4-2-1-3-5-6;;;/h2-5H;;;/q-1;;;+1. The molecular formula is C6H4FO2Tc.